The van der Waals surface area contributed by atoms with E-state index in [4.69, 9.17) is 9.47 Å². The van der Waals surface area contributed by atoms with Crippen molar-refractivity contribution in [3.8, 4) is 11.5 Å². The maximum Gasteiger partial charge on any atom is 0.335 e. The molecule has 7 nitrogen and oxygen atoms in total. The highest BCUT2D eigenvalue weighted by atomic mass is 127. The summed E-state index contributed by atoms with van der Waals surface area (Å²) in [5.41, 5.74) is 0.968. The zero-order valence-electron chi connectivity index (χ0n) is 18.2. The van der Waals surface area contributed by atoms with Gasteiger partial charge in [-0.3, -0.25) is 14.9 Å². The van der Waals surface area contributed by atoms with Gasteiger partial charge in [0, 0.05) is 10.0 Å². The minimum Gasteiger partial charge on any atom is -0.493 e. The lowest BCUT2D eigenvalue weighted by molar-refractivity contribution is -0.122. The number of carbonyl (C=O) groups excluding carboxylic acids is 3. The number of rotatable bonds is 6. The molecule has 178 valence electrons. The zero-order valence-corrected chi connectivity index (χ0v) is 21.9. The maximum atomic E-state index is 14.0. The summed E-state index contributed by atoms with van der Waals surface area (Å²) in [5, 5.41) is 2.20. The van der Waals surface area contributed by atoms with E-state index < -0.39 is 17.8 Å². The van der Waals surface area contributed by atoms with E-state index in [1.165, 1.54) is 19.3 Å². The molecule has 1 heterocycles. The Morgan fingerprint density at radius 3 is 2.49 bits per heavy atom. The van der Waals surface area contributed by atoms with E-state index >= 15 is 0 Å². The number of carbonyl (C=O) groups is 3. The van der Waals surface area contributed by atoms with Gasteiger partial charge in [-0.25, -0.2) is 14.1 Å². The summed E-state index contributed by atoms with van der Waals surface area (Å²) in [5.74, 6) is -1.21. The molecule has 1 N–H and O–H groups in total. The lowest BCUT2D eigenvalue weighted by Crippen LogP contribution is -2.54. The molecule has 3 aromatic carbocycles. The molecule has 0 aliphatic carbocycles. The van der Waals surface area contributed by atoms with Crippen LogP contribution in [0, 0.1) is 9.39 Å². The van der Waals surface area contributed by atoms with Gasteiger partial charge in [-0.05, 0) is 76.7 Å². The zero-order chi connectivity index (χ0) is 25.1. The van der Waals surface area contributed by atoms with Crippen LogP contribution in [0.1, 0.15) is 11.1 Å². The van der Waals surface area contributed by atoms with Crippen LogP contribution in [0.5, 0.6) is 11.5 Å². The fourth-order valence-electron chi connectivity index (χ4n) is 3.38. The molecule has 35 heavy (non-hydrogen) atoms. The number of benzene rings is 3. The van der Waals surface area contributed by atoms with Crippen LogP contribution in [0.25, 0.3) is 6.08 Å². The summed E-state index contributed by atoms with van der Waals surface area (Å²) < 4.78 is 26.6. The van der Waals surface area contributed by atoms with Gasteiger partial charge in [0.15, 0.2) is 11.5 Å². The third-order valence-electron chi connectivity index (χ3n) is 5.08. The molecule has 0 spiro atoms. The topological polar surface area (TPSA) is 84.9 Å². The Balaban J connectivity index is 1.64. The molecule has 1 saturated heterocycles. The summed E-state index contributed by atoms with van der Waals surface area (Å²) in [6.07, 6.45) is 1.38. The lowest BCUT2D eigenvalue weighted by atomic mass is 10.1. The molecule has 0 bridgehead atoms. The summed E-state index contributed by atoms with van der Waals surface area (Å²) >= 11 is 5.34. The van der Waals surface area contributed by atoms with E-state index in [1.54, 1.807) is 54.6 Å². The molecule has 0 saturated carbocycles. The Morgan fingerprint density at radius 2 is 1.80 bits per heavy atom. The Morgan fingerprint density at radius 1 is 1.09 bits per heavy atom. The van der Waals surface area contributed by atoms with Crippen LogP contribution in [0.4, 0.5) is 14.9 Å². The molecule has 1 aliphatic heterocycles. The van der Waals surface area contributed by atoms with Crippen molar-refractivity contribution in [2.24, 2.45) is 0 Å². The molecule has 1 fully saturated rings. The number of halogens is 3. The second-order valence-electron chi connectivity index (χ2n) is 7.35. The van der Waals surface area contributed by atoms with Gasteiger partial charge in [-0.15, -0.1) is 0 Å². The average Bonchev–Trinajstić information content (AvgIpc) is 2.83. The van der Waals surface area contributed by atoms with Gasteiger partial charge in [-0.2, -0.15) is 0 Å². The van der Waals surface area contributed by atoms with Crippen LogP contribution in [0.15, 0.2) is 70.7 Å². The predicted octanol–water partition coefficient (Wildman–Crippen LogP) is 5.45. The van der Waals surface area contributed by atoms with E-state index in [-0.39, 0.29) is 18.0 Å². The number of imide groups is 2. The first-order valence-electron chi connectivity index (χ1n) is 10.2. The minimum absolute atomic E-state index is 0.00930. The molecule has 3 aromatic rings. The largest absolute Gasteiger partial charge is 0.493 e. The second-order valence-corrected chi connectivity index (χ2v) is 9.43. The van der Waals surface area contributed by atoms with E-state index in [9.17, 15) is 18.8 Å². The fourth-order valence-corrected chi connectivity index (χ4v) is 4.42. The molecular weight excluding hydrogens is 634 g/mol. The molecule has 0 radical (unpaired) electrons. The number of nitrogens with zero attached hydrogens (tertiary/aromatic N) is 1. The van der Waals surface area contributed by atoms with Crippen molar-refractivity contribution in [1.29, 1.82) is 0 Å². The molecular formula is C25H17BrFIN2O5. The Labute approximate surface area is 222 Å². The molecule has 1 aliphatic rings. The molecule has 10 heteroatoms. The van der Waals surface area contributed by atoms with Crippen molar-refractivity contribution in [3.05, 3.63) is 91.2 Å². The van der Waals surface area contributed by atoms with Gasteiger partial charge in [-0.1, -0.05) is 34.1 Å². The minimum atomic E-state index is -0.830. The van der Waals surface area contributed by atoms with E-state index in [0.29, 0.717) is 31.9 Å². The van der Waals surface area contributed by atoms with Crippen LogP contribution >= 0.6 is 38.5 Å². The first kappa shape index (κ1) is 24.9. The van der Waals surface area contributed by atoms with E-state index in [0.717, 1.165) is 9.37 Å². The van der Waals surface area contributed by atoms with Crippen molar-refractivity contribution < 1.29 is 28.2 Å². The van der Waals surface area contributed by atoms with Crippen molar-refractivity contribution in [3.63, 3.8) is 0 Å². The highest BCUT2D eigenvalue weighted by Crippen LogP contribution is 2.36. The van der Waals surface area contributed by atoms with E-state index in [1.807, 2.05) is 22.6 Å². The van der Waals surface area contributed by atoms with Crippen molar-refractivity contribution in [1.82, 2.24) is 5.32 Å². The highest BCUT2D eigenvalue weighted by molar-refractivity contribution is 14.1. The Hall–Kier alpha value is -3.25. The monoisotopic (exact) mass is 650 g/mol. The van der Waals surface area contributed by atoms with Crippen molar-refractivity contribution in [2.45, 2.75) is 6.61 Å². The molecule has 0 unspecified atom stereocenters. The number of ether oxygens (including phenoxy) is 2. The number of hydrogen-bond acceptors (Lipinski definition) is 5. The smallest absolute Gasteiger partial charge is 0.335 e. The quantitative estimate of drug-likeness (QED) is 0.218. The van der Waals surface area contributed by atoms with Gasteiger partial charge >= 0.3 is 6.03 Å². The van der Waals surface area contributed by atoms with Crippen LogP contribution < -0.4 is 19.7 Å². The third kappa shape index (κ3) is 5.38. The maximum absolute atomic E-state index is 14.0. The number of nitrogens with one attached hydrogen (secondary N) is 1. The number of hydrogen-bond donors (Lipinski definition) is 1. The summed E-state index contributed by atoms with van der Waals surface area (Å²) in [6, 6.07) is 15.3. The fraction of sp³-hybridized carbons (Fsp3) is 0.0800. The second kappa shape index (κ2) is 10.6. The molecule has 4 amide bonds. The SMILES string of the molecule is COc1cc(/C=C2\C(=O)NC(=O)N(c3ccc(Br)cc3)C2=O)cc(I)c1OCc1ccccc1F. The number of amides is 4. The summed E-state index contributed by atoms with van der Waals surface area (Å²) in [7, 11) is 1.45. The van der Waals surface area contributed by atoms with Gasteiger partial charge in [0.2, 0.25) is 0 Å². The number of barbiturate groups is 1. The predicted molar refractivity (Wildman–Crippen MR) is 140 cm³/mol. The Kier molecular flexibility index (Phi) is 7.51. The van der Waals surface area contributed by atoms with Crippen molar-refractivity contribution >= 4 is 68.1 Å². The van der Waals surface area contributed by atoms with Crippen LogP contribution in [-0.4, -0.2) is 25.0 Å². The van der Waals surface area contributed by atoms with Crippen LogP contribution in [0.3, 0.4) is 0 Å². The standard InChI is InChI=1S/C25H17BrFIN2O5/c1-34-21-12-14(11-20(28)22(21)35-13-15-4-2-3-5-19(15)27)10-18-23(31)29-25(33)30(24(18)32)17-8-6-16(26)7-9-17/h2-12H,13H2,1H3,(H,29,31,33)/b18-10+. The molecule has 0 aromatic heterocycles. The lowest BCUT2D eigenvalue weighted by Gasteiger charge is -2.26. The van der Waals surface area contributed by atoms with Crippen LogP contribution in [0.2, 0.25) is 0 Å². The number of anilines is 1. The van der Waals surface area contributed by atoms with Gasteiger partial charge in [0.05, 0.1) is 16.4 Å². The first-order valence-corrected chi connectivity index (χ1v) is 12.1. The first-order chi connectivity index (χ1) is 16.8. The van der Waals surface area contributed by atoms with Gasteiger partial charge < -0.3 is 9.47 Å². The summed E-state index contributed by atoms with van der Waals surface area (Å²) in [4.78, 5) is 38.9. The average molecular weight is 651 g/mol. The van der Waals surface area contributed by atoms with Gasteiger partial charge in [0.1, 0.15) is 18.0 Å². The Bertz CT molecular complexity index is 1360. The van der Waals surface area contributed by atoms with Gasteiger partial charge in [0.25, 0.3) is 11.8 Å². The normalized spacial score (nSPS) is 14.8. The van der Waals surface area contributed by atoms with E-state index in [2.05, 4.69) is 21.2 Å². The highest BCUT2D eigenvalue weighted by Gasteiger charge is 2.36. The molecule has 0 atom stereocenters. The number of urea groups is 1. The molecule has 4 rings (SSSR count). The third-order valence-corrected chi connectivity index (χ3v) is 6.41. The number of methoxy groups -OCH3 is 1. The summed E-state index contributed by atoms with van der Waals surface area (Å²) in [6.45, 7) is -0.00930. The van der Waals surface area contributed by atoms with Crippen LogP contribution in [-0.2, 0) is 16.2 Å². The van der Waals surface area contributed by atoms with Crippen molar-refractivity contribution in [2.75, 3.05) is 12.0 Å².